The molecule has 1 amide bonds. The first-order valence-corrected chi connectivity index (χ1v) is 11.2. The zero-order valence-corrected chi connectivity index (χ0v) is 17.7. The lowest BCUT2D eigenvalue weighted by atomic mass is 9.78. The molecule has 2 aliphatic rings. The molecule has 2 fully saturated rings. The Labute approximate surface area is 169 Å². The van der Waals surface area contributed by atoms with Gasteiger partial charge in [0, 0.05) is 36.8 Å². The van der Waals surface area contributed by atoms with E-state index >= 15 is 0 Å². The van der Waals surface area contributed by atoms with Gasteiger partial charge in [0.05, 0.1) is 0 Å². The van der Waals surface area contributed by atoms with Gasteiger partial charge in [0.1, 0.15) is 0 Å². The number of hydrogen-bond acceptors (Lipinski definition) is 6. The van der Waals surface area contributed by atoms with Crippen LogP contribution < -0.4 is 15.8 Å². The van der Waals surface area contributed by atoms with Crippen molar-refractivity contribution in [2.24, 2.45) is 17.8 Å². The number of fused-ring (bicyclic) bond motifs is 1. The van der Waals surface area contributed by atoms with Gasteiger partial charge in [-0.1, -0.05) is 38.0 Å². The number of anilines is 1. The van der Waals surface area contributed by atoms with Gasteiger partial charge in [0.25, 0.3) is 5.56 Å². The van der Waals surface area contributed by atoms with Crippen molar-refractivity contribution in [1.29, 1.82) is 0 Å². The zero-order chi connectivity index (χ0) is 19.8. The monoisotopic (exact) mass is 403 g/mol. The summed E-state index contributed by atoms with van der Waals surface area (Å²) >= 11 is 1.44. The van der Waals surface area contributed by atoms with Crippen LogP contribution in [0, 0.1) is 24.7 Å². The number of nitrogens with zero attached hydrogens (tertiary/aromatic N) is 4. The highest BCUT2D eigenvalue weighted by Gasteiger charge is 2.32. The van der Waals surface area contributed by atoms with Crippen LogP contribution in [0.5, 0.6) is 0 Å². The number of hydrogen-bond donors (Lipinski definition) is 1. The Morgan fingerprint density at radius 2 is 1.96 bits per heavy atom. The molecule has 1 saturated carbocycles. The summed E-state index contributed by atoms with van der Waals surface area (Å²) < 4.78 is 1.37. The fourth-order valence-electron chi connectivity index (χ4n) is 4.46. The van der Waals surface area contributed by atoms with E-state index in [9.17, 15) is 9.59 Å². The molecule has 2 aromatic rings. The summed E-state index contributed by atoms with van der Waals surface area (Å²) in [6.07, 6.45) is 5.22. The van der Waals surface area contributed by atoms with E-state index in [0.29, 0.717) is 28.5 Å². The maximum atomic E-state index is 12.8. The SMILES string of the molecule is Cc1cc(=O)n2nc(N3CCC(C(=O)NC4CCCC(C)C4C)CC3)sc2n1. The van der Waals surface area contributed by atoms with Crippen LogP contribution in [0.1, 0.15) is 51.6 Å². The van der Waals surface area contributed by atoms with Crippen LogP contribution in [-0.2, 0) is 4.79 Å². The molecule has 0 aromatic carbocycles. The average Bonchev–Trinajstić information content (AvgIpc) is 3.10. The lowest BCUT2D eigenvalue weighted by Crippen LogP contribution is -2.48. The number of amides is 1. The van der Waals surface area contributed by atoms with Crippen molar-refractivity contribution < 1.29 is 4.79 Å². The Morgan fingerprint density at radius 1 is 1.21 bits per heavy atom. The zero-order valence-electron chi connectivity index (χ0n) is 16.9. The first-order valence-electron chi connectivity index (χ1n) is 10.3. The highest BCUT2D eigenvalue weighted by Crippen LogP contribution is 2.31. The quantitative estimate of drug-likeness (QED) is 0.852. The van der Waals surface area contributed by atoms with Gasteiger partial charge in [-0.05, 0) is 38.0 Å². The molecule has 3 heterocycles. The molecule has 8 heteroatoms. The van der Waals surface area contributed by atoms with Gasteiger partial charge < -0.3 is 10.2 Å². The van der Waals surface area contributed by atoms with Gasteiger partial charge in [-0.3, -0.25) is 9.59 Å². The second-order valence-electron chi connectivity index (χ2n) is 8.46. The second kappa shape index (κ2) is 7.81. The smallest absolute Gasteiger partial charge is 0.275 e. The Balaban J connectivity index is 1.37. The van der Waals surface area contributed by atoms with E-state index in [-0.39, 0.29) is 17.4 Å². The van der Waals surface area contributed by atoms with Crippen LogP contribution in [-0.4, -0.2) is 39.6 Å². The van der Waals surface area contributed by atoms with E-state index < -0.39 is 0 Å². The molecule has 1 aliphatic carbocycles. The number of aryl methyl sites for hydroxylation is 1. The van der Waals surface area contributed by atoms with Crippen molar-refractivity contribution in [3.8, 4) is 0 Å². The van der Waals surface area contributed by atoms with Crippen molar-refractivity contribution in [3.63, 3.8) is 0 Å². The van der Waals surface area contributed by atoms with Crippen LogP contribution in [0.15, 0.2) is 10.9 Å². The molecule has 3 unspecified atom stereocenters. The molecule has 1 saturated heterocycles. The highest BCUT2D eigenvalue weighted by molar-refractivity contribution is 7.20. The van der Waals surface area contributed by atoms with Crippen LogP contribution in [0.2, 0.25) is 0 Å². The van der Waals surface area contributed by atoms with Crippen LogP contribution in [0.3, 0.4) is 0 Å². The summed E-state index contributed by atoms with van der Waals surface area (Å²) in [5.41, 5.74) is 0.567. The Kier molecular flexibility index (Phi) is 5.40. The predicted octanol–water partition coefficient (Wildman–Crippen LogP) is 2.62. The average molecular weight is 404 g/mol. The normalized spacial score (nSPS) is 26.5. The molecule has 4 rings (SSSR count). The summed E-state index contributed by atoms with van der Waals surface area (Å²) in [5.74, 6) is 1.51. The van der Waals surface area contributed by atoms with Crippen molar-refractivity contribution >= 4 is 27.3 Å². The topological polar surface area (TPSA) is 79.6 Å². The molecule has 3 atom stereocenters. The Morgan fingerprint density at radius 3 is 2.71 bits per heavy atom. The molecule has 2 aromatic heterocycles. The van der Waals surface area contributed by atoms with E-state index in [1.54, 1.807) is 0 Å². The number of rotatable bonds is 3. The van der Waals surface area contributed by atoms with E-state index in [2.05, 4.69) is 34.1 Å². The van der Waals surface area contributed by atoms with E-state index in [1.165, 1.54) is 34.8 Å². The van der Waals surface area contributed by atoms with E-state index in [1.807, 2.05) is 6.92 Å². The number of aromatic nitrogens is 3. The van der Waals surface area contributed by atoms with Crippen LogP contribution >= 0.6 is 11.3 Å². The van der Waals surface area contributed by atoms with Gasteiger partial charge in [-0.2, -0.15) is 4.52 Å². The molecular formula is C20H29N5O2S. The molecule has 1 aliphatic heterocycles. The Bertz CT molecular complexity index is 915. The van der Waals surface area contributed by atoms with Crippen molar-refractivity contribution in [1.82, 2.24) is 19.9 Å². The summed E-state index contributed by atoms with van der Waals surface area (Å²) in [5, 5.41) is 8.59. The molecule has 0 spiro atoms. The lowest BCUT2D eigenvalue weighted by molar-refractivity contribution is -0.127. The van der Waals surface area contributed by atoms with Crippen molar-refractivity contribution in [3.05, 3.63) is 22.1 Å². The number of carbonyl (C=O) groups excluding carboxylic acids is 1. The molecule has 152 valence electrons. The number of piperidine rings is 1. The minimum Gasteiger partial charge on any atom is -0.353 e. The van der Waals surface area contributed by atoms with Gasteiger partial charge in [-0.25, -0.2) is 4.98 Å². The minimum absolute atomic E-state index is 0.0677. The molecule has 7 nitrogen and oxygen atoms in total. The first-order chi connectivity index (χ1) is 13.4. The molecule has 0 radical (unpaired) electrons. The molecule has 1 N–H and O–H groups in total. The molecule has 0 bridgehead atoms. The first kappa shape index (κ1) is 19.4. The second-order valence-corrected chi connectivity index (χ2v) is 9.39. The maximum Gasteiger partial charge on any atom is 0.275 e. The fraction of sp³-hybridized carbons (Fsp3) is 0.700. The fourth-order valence-corrected chi connectivity index (χ4v) is 5.46. The standard InChI is InChI=1S/C20H29N5O2S/c1-12-5-4-6-16(14(12)3)22-18(27)15-7-9-24(10-8-15)20-23-25-17(26)11-13(2)21-19(25)28-20/h11-12,14-16H,4-10H2,1-3H3,(H,22,27). The van der Waals surface area contributed by atoms with Crippen molar-refractivity contribution in [2.45, 2.75) is 58.9 Å². The summed E-state index contributed by atoms with van der Waals surface area (Å²) in [6, 6.07) is 1.82. The van der Waals surface area contributed by atoms with Crippen LogP contribution in [0.25, 0.3) is 4.96 Å². The third-order valence-corrected chi connectivity index (χ3v) is 7.50. The van der Waals surface area contributed by atoms with Gasteiger partial charge >= 0.3 is 0 Å². The van der Waals surface area contributed by atoms with Gasteiger partial charge in [0.2, 0.25) is 16.0 Å². The number of nitrogens with one attached hydrogen (secondary N) is 1. The highest BCUT2D eigenvalue weighted by atomic mass is 32.1. The van der Waals surface area contributed by atoms with Crippen molar-refractivity contribution in [2.75, 3.05) is 18.0 Å². The third kappa shape index (κ3) is 3.79. The molecular weight excluding hydrogens is 374 g/mol. The maximum absolute atomic E-state index is 12.8. The predicted molar refractivity (Wildman–Crippen MR) is 111 cm³/mol. The van der Waals surface area contributed by atoms with E-state index in [0.717, 1.165) is 37.5 Å². The summed E-state index contributed by atoms with van der Waals surface area (Å²) in [4.78, 5) is 32.1. The van der Waals surface area contributed by atoms with E-state index in [4.69, 9.17) is 0 Å². The minimum atomic E-state index is -0.143. The Hall–Kier alpha value is -1.96. The summed E-state index contributed by atoms with van der Waals surface area (Å²) in [6.45, 7) is 7.94. The van der Waals surface area contributed by atoms with Gasteiger partial charge in [0.15, 0.2) is 0 Å². The third-order valence-electron chi connectivity index (χ3n) is 6.53. The summed E-state index contributed by atoms with van der Waals surface area (Å²) in [7, 11) is 0. The largest absolute Gasteiger partial charge is 0.353 e. The molecule has 28 heavy (non-hydrogen) atoms. The van der Waals surface area contributed by atoms with Gasteiger partial charge in [-0.15, -0.1) is 5.10 Å². The lowest BCUT2D eigenvalue weighted by Gasteiger charge is -2.36. The van der Waals surface area contributed by atoms with Crippen LogP contribution in [0.4, 0.5) is 5.13 Å². The number of carbonyl (C=O) groups is 1.